The molecule has 1 N–H and O–H groups in total. The fourth-order valence-electron chi connectivity index (χ4n) is 3.22. The van der Waals surface area contributed by atoms with Crippen molar-refractivity contribution in [2.75, 3.05) is 31.2 Å². The zero-order chi connectivity index (χ0) is 16.6. The number of benzene rings is 1. The Morgan fingerprint density at radius 3 is 2.76 bits per heavy atom. The maximum absolute atomic E-state index is 5.41. The Kier molecular flexibility index (Phi) is 3.34. The van der Waals surface area contributed by atoms with Crippen molar-refractivity contribution < 1.29 is 4.74 Å². The van der Waals surface area contributed by atoms with Crippen LogP contribution in [-0.2, 0) is 4.74 Å². The number of hydrogen-bond acceptors (Lipinski definition) is 5. The average molecular weight is 331 g/mol. The van der Waals surface area contributed by atoms with Gasteiger partial charge in [-0.2, -0.15) is 0 Å². The van der Waals surface area contributed by atoms with E-state index in [-0.39, 0.29) is 0 Å². The van der Waals surface area contributed by atoms with E-state index in [1.165, 1.54) is 0 Å². The quantitative estimate of drug-likeness (QED) is 0.611. The molecule has 124 valence electrons. The first-order valence-corrected chi connectivity index (χ1v) is 8.40. The van der Waals surface area contributed by atoms with E-state index in [0.717, 1.165) is 65.3 Å². The average Bonchev–Trinajstić information content (AvgIpc) is 3.15. The van der Waals surface area contributed by atoms with Gasteiger partial charge < -0.3 is 14.6 Å². The molecule has 4 heterocycles. The summed E-state index contributed by atoms with van der Waals surface area (Å²) in [7, 11) is 0. The molecular formula is C19H17N5O. The second-order valence-electron chi connectivity index (χ2n) is 6.17. The van der Waals surface area contributed by atoms with Crippen LogP contribution in [0.1, 0.15) is 0 Å². The van der Waals surface area contributed by atoms with Gasteiger partial charge in [-0.3, -0.25) is 4.98 Å². The van der Waals surface area contributed by atoms with Gasteiger partial charge in [0.15, 0.2) is 0 Å². The highest BCUT2D eigenvalue weighted by Crippen LogP contribution is 2.26. The zero-order valence-electron chi connectivity index (χ0n) is 13.6. The fourth-order valence-corrected chi connectivity index (χ4v) is 3.22. The lowest BCUT2D eigenvalue weighted by Crippen LogP contribution is -2.36. The third-order valence-electron chi connectivity index (χ3n) is 4.60. The highest BCUT2D eigenvalue weighted by Gasteiger charge is 2.13. The summed E-state index contributed by atoms with van der Waals surface area (Å²) in [5, 5.41) is 1.10. The van der Waals surface area contributed by atoms with Gasteiger partial charge >= 0.3 is 0 Å². The van der Waals surface area contributed by atoms with Gasteiger partial charge in [0.1, 0.15) is 11.5 Å². The molecular weight excluding hydrogens is 314 g/mol. The van der Waals surface area contributed by atoms with Crippen molar-refractivity contribution in [1.29, 1.82) is 0 Å². The van der Waals surface area contributed by atoms with Crippen LogP contribution in [0.15, 0.2) is 48.9 Å². The number of aromatic amines is 1. The van der Waals surface area contributed by atoms with Crippen molar-refractivity contribution in [3.8, 4) is 11.1 Å². The van der Waals surface area contributed by atoms with Crippen LogP contribution in [0.5, 0.6) is 0 Å². The van der Waals surface area contributed by atoms with Crippen LogP contribution >= 0.6 is 0 Å². The van der Waals surface area contributed by atoms with Crippen molar-refractivity contribution in [2.45, 2.75) is 0 Å². The first kappa shape index (κ1) is 14.4. The van der Waals surface area contributed by atoms with E-state index in [9.17, 15) is 0 Å². The third-order valence-corrected chi connectivity index (χ3v) is 4.60. The Morgan fingerprint density at radius 2 is 1.84 bits per heavy atom. The van der Waals surface area contributed by atoms with Gasteiger partial charge in [0, 0.05) is 36.4 Å². The maximum Gasteiger partial charge on any atom is 0.148 e. The molecule has 1 aliphatic rings. The molecule has 5 rings (SSSR count). The smallest absolute Gasteiger partial charge is 0.148 e. The summed E-state index contributed by atoms with van der Waals surface area (Å²) < 4.78 is 5.41. The van der Waals surface area contributed by atoms with Crippen LogP contribution in [0.2, 0.25) is 0 Å². The molecule has 1 aliphatic heterocycles. The molecule has 1 fully saturated rings. The summed E-state index contributed by atoms with van der Waals surface area (Å²) in [6.07, 6.45) is 5.64. The van der Waals surface area contributed by atoms with E-state index in [4.69, 9.17) is 9.72 Å². The largest absolute Gasteiger partial charge is 0.378 e. The second kappa shape index (κ2) is 5.82. The number of ether oxygens (including phenoxy) is 1. The first-order valence-electron chi connectivity index (χ1n) is 8.40. The van der Waals surface area contributed by atoms with Gasteiger partial charge in [0.25, 0.3) is 0 Å². The normalized spacial score (nSPS) is 15.1. The summed E-state index contributed by atoms with van der Waals surface area (Å²) in [4.78, 5) is 19.2. The lowest BCUT2D eigenvalue weighted by molar-refractivity contribution is 0.122. The van der Waals surface area contributed by atoms with Gasteiger partial charge in [-0.1, -0.05) is 6.07 Å². The number of nitrogens with one attached hydrogen (secondary N) is 1. The third kappa shape index (κ3) is 2.60. The Hall–Kier alpha value is -2.99. The molecule has 25 heavy (non-hydrogen) atoms. The van der Waals surface area contributed by atoms with Crippen molar-refractivity contribution in [3.05, 3.63) is 48.9 Å². The minimum Gasteiger partial charge on any atom is -0.378 e. The predicted octanol–water partition coefficient (Wildman–Crippen LogP) is 3.01. The summed E-state index contributed by atoms with van der Waals surface area (Å²) in [5.41, 5.74) is 4.87. The van der Waals surface area contributed by atoms with E-state index in [1.807, 2.05) is 30.7 Å². The van der Waals surface area contributed by atoms with E-state index in [0.29, 0.717) is 0 Å². The molecule has 1 saturated heterocycles. The number of H-pyrrole nitrogens is 1. The highest BCUT2D eigenvalue weighted by molar-refractivity contribution is 5.86. The molecule has 0 saturated carbocycles. The molecule has 0 radical (unpaired) electrons. The molecule has 3 aromatic heterocycles. The van der Waals surface area contributed by atoms with E-state index >= 15 is 0 Å². The number of hydrogen-bond donors (Lipinski definition) is 1. The molecule has 6 nitrogen and oxygen atoms in total. The highest BCUT2D eigenvalue weighted by atomic mass is 16.5. The monoisotopic (exact) mass is 331 g/mol. The molecule has 0 amide bonds. The van der Waals surface area contributed by atoms with Gasteiger partial charge in [0.2, 0.25) is 0 Å². The van der Waals surface area contributed by atoms with Crippen LogP contribution in [0, 0.1) is 0 Å². The van der Waals surface area contributed by atoms with Gasteiger partial charge in [-0.05, 0) is 29.8 Å². The SMILES string of the molecule is c1cc2cc(-c3ccc4ncc(N5CCOCC5)nc4c3)cnc2[nH]1. The van der Waals surface area contributed by atoms with Crippen molar-refractivity contribution in [2.24, 2.45) is 0 Å². The van der Waals surface area contributed by atoms with Crippen molar-refractivity contribution in [1.82, 2.24) is 19.9 Å². The number of nitrogens with zero attached hydrogens (tertiary/aromatic N) is 4. The Morgan fingerprint density at radius 1 is 0.920 bits per heavy atom. The second-order valence-corrected chi connectivity index (χ2v) is 6.17. The summed E-state index contributed by atoms with van der Waals surface area (Å²) >= 11 is 0. The lowest BCUT2D eigenvalue weighted by Gasteiger charge is -2.27. The Balaban J connectivity index is 1.56. The van der Waals surface area contributed by atoms with Gasteiger partial charge in [-0.25, -0.2) is 9.97 Å². The first-order chi connectivity index (χ1) is 12.4. The summed E-state index contributed by atoms with van der Waals surface area (Å²) in [6.45, 7) is 3.19. The number of rotatable bonds is 2. The van der Waals surface area contributed by atoms with Crippen molar-refractivity contribution in [3.63, 3.8) is 0 Å². The van der Waals surface area contributed by atoms with E-state index < -0.39 is 0 Å². The number of aromatic nitrogens is 4. The molecule has 0 spiro atoms. The van der Waals surface area contributed by atoms with Crippen molar-refractivity contribution >= 4 is 27.9 Å². The standard InChI is InChI=1S/C19H17N5O/c1-2-16-17(23-18(12-21-16)24-5-7-25-8-6-24)10-13(1)15-9-14-3-4-20-19(14)22-11-15/h1-4,9-12H,5-8H2,(H,20,22). The molecule has 0 bridgehead atoms. The van der Waals surface area contributed by atoms with E-state index in [2.05, 4.69) is 38.1 Å². The van der Waals surface area contributed by atoms with Crippen LogP contribution < -0.4 is 4.90 Å². The van der Waals surface area contributed by atoms with Crippen LogP contribution in [-0.4, -0.2) is 46.2 Å². The fraction of sp³-hybridized carbons (Fsp3) is 0.211. The minimum atomic E-state index is 0.738. The molecule has 1 aromatic carbocycles. The summed E-state index contributed by atoms with van der Waals surface area (Å²) in [6, 6.07) is 10.3. The molecule has 6 heteroatoms. The zero-order valence-corrected chi connectivity index (χ0v) is 13.6. The predicted molar refractivity (Wildman–Crippen MR) is 97.7 cm³/mol. The Bertz CT molecular complexity index is 1050. The van der Waals surface area contributed by atoms with Gasteiger partial charge in [-0.15, -0.1) is 0 Å². The number of fused-ring (bicyclic) bond motifs is 2. The molecule has 0 atom stereocenters. The Labute approximate surface area is 144 Å². The maximum atomic E-state index is 5.41. The molecule has 0 aliphatic carbocycles. The molecule has 0 unspecified atom stereocenters. The van der Waals surface area contributed by atoms with Crippen LogP contribution in [0.4, 0.5) is 5.82 Å². The number of pyridine rings is 1. The lowest BCUT2D eigenvalue weighted by atomic mass is 10.1. The summed E-state index contributed by atoms with van der Waals surface area (Å²) in [5.74, 6) is 0.909. The van der Waals surface area contributed by atoms with Crippen LogP contribution in [0.3, 0.4) is 0 Å². The topological polar surface area (TPSA) is 66.9 Å². The minimum absolute atomic E-state index is 0.738. The number of morpholine rings is 1. The molecule has 4 aromatic rings. The van der Waals surface area contributed by atoms with Crippen LogP contribution in [0.25, 0.3) is 33.2 Å². The van der Waals surface area contributed by atoms with E-state index in [1.54, 1.807) is 0 Å². The number of anilines is 1. The van der Waals surface area contributed by atoms with Gasteiger partial charge in [0.05, 0.1) is 30.4 Å².